The Labute approximate surface area is 136 Å². The minimum absolute atomic E-state index is 0.00646. The van der Waals surface area contributed by atoms with Crippen molar-refractivity contribution in [3.05, 3.63) is 26.4 Å². The third kappa shape index (κ3) is 4.77. The molecular formula is C15H19Br2NO2. The maximum absolute atomic E-state index is 12.1. The van der Waals surface area contributed by atoms with Crippen molar-refractivity contribution in [2.75, 3.05) is 0 Å². The van der Waals surface area contributed by atoms with Gasteiger partial charge in [-0.2, -0.15) is 0 Å². The van der Waals surface area contributed by atoms with Crippen molar-refractivity contribution in [1.82, 2.24) is 4.98 Å². The lowest BCUT2D eigenvalue weighted by Crippen LogP contribution is -2.08. The number of Topliss-reactive ketones (excluding diaryl/α,β-unsaturated/α-hetero) is 2. The number of rotatable bonds is 8. The molecule has 20 heavy (non-hydrogen) atoms. The van der Waals surface area contributed by atoms with Crippen LogP contribution < -0.4 is 0 Å². The molecule has 1 heterocycles. The van der Waals surface area contributed by atoms with E-state index in [-0.39, 0.29) is 11.6 Å². The Bertz CT molecular complexity index is 455. The molecule has 0 radical (unpaired) electrons. The van der Waals surface area contributed by atoms with E-state index < -0.39 is 0 Å². The highest BCUT2D eigenvalue weighted by atomic mass is 79.9. The largest absolute Gasteiger partial charge is 0.294 e. The maximum Gasteiger partial charge on any atom is 0.182 e. The lowest BCUT2D eigenvalue weighted by molar-refractivity contribution is 0.0962. The van der Waals surface area contributed by atoms with Crippen LogP contribution in [0.5, 0.6) is 0 Å². The van der Waals surface area contributed by atoms with Gasteiger partial charge in [0.15, 0.2) is 11.6 Å². The molecule has 110 valence electrons. The first-order chi connectivity index (χ1) is 9.51. The zero-order valence-electron chi connectivity index (χ0n) is 11.8. The van der Waals surface area contributed by atoms with E-state index in [0.29, 0.717) is 33.2 Å². The van der Waals surface area contributed by atoms with Gasteiger partial charge in [-0.1, -0.05) is 26.7 Å². The molecule has 1 rings (SSSR count). The summed E-state index contributed by atoms with van der Waals surface area (Å²) in [5.74, 6) is 0.0615. The minimum Gasteiger partial charge on any atom is -0.294 e. The summed E-state index contributed by atoms with van der Waals surface area (Å²) in [4.78, 5) is 28.3. The van der Waals surface area contributed by atoms with E-state index in [9.17, 15) is 9.59 Å². The van der Waals surface area contributed by atoms with Gasteiger partial charge >= 0.3 is 0 Å². The molecule has 0 aliphatic carbocycles. The molecule has 0 aromatic carbocycles. The standard InChI is InChI=1S/C15H19Br2NO2/c1-3-5-7-12(19)10-9-11(16)14(18-15(10)17)13(20)8-6-4-2/h9H,3-8H2,1-2H3. The predicted molar refractivity (Wildman–Crippen MR) is 87.3 cm³/mol. The number of carbonyl (C=O) groups is 2. The molecular weight excluding hydrogens is 386 g/mol. The van der Waals surface area contributed by atoms with Gasteiger partial charge in [0.05, 0.1) is 5.56 Å². The van der Waals surface area contributed by atoms with Gasteiger partial charge in [-0.05, 0) is 50.8 Å². The highest BCUT2D eigenvalue weighted by molar-refractivity contribution is 9.11. The van der Waals surface area contributed by atoms with Crippen molar-refractivity contribution in [1.29, 1.82) is 0 Å². The average Bonchev–Trinajstić information content (AvgIpc) is 2.44. The molecule has 0 unspecified atom stereocenters. The van der Waals surface area contributed by atoms with E-state index >= 15 is 0 Å². The van der Waals surface area contributed by atoms with E-state index in [0.717, 1.165) is 25.7 Å². The Hall–Kier alpha value is -0.550. The lowest BCUT2D eigenvalue weighted by Gasteiger charge is -2.08. The second kappa shape index (κ2) is 8.67. The van der Waals surface area contributed by atoms with Gasteiger partial charge in [0.2, 0.25) is 0 Å². The molecule has 1 aromatic heterocycles. The normalized spacial score (nSPS) is 10.6. The van der Waals surface area contributed by atoms with E-state index in [2.05, 4.69) is 36.8 Å². The number of unbranched alkanes of at least 4 members (excludes halogenated alkanes) is 2. The molecule has 0 bridgehead atoms. The zero-order chi connectivity index (χ0) is 15.1. The topological polar surface area (TPSA) is 47.0 Å². The second-order valence-corrected chi connectivity index (χ2v) is 6.32. The van der Waals surface area contributed by atoms with Crippen LogP contribution in [0.15, 0.2) is 15.1 Å². The average molecular weight is 405 g/mol. The summed E-state index contributed by atoms with van der Waals surface area (Å²) in [5, 5.41) is 0. The number of nitrogens with zero attached hydrogens (tertiary/aromatic N) is 1. The van der Waals surface area contributed by atoms with Crippen LogP contribution in [0, 0.1) is 0 Å². The Morgan fingerprint density at radius 1 is 1.05 bits per heavy atom. The number of halogens is 2. The van der Waals surface area contributed by atoms with Crippen LogP contribution in [0.1, 0.15) is 73.2 Å². The van der Waals surface area contributed by atoms with Crippen LogP contribution in [0.3, 0.4) is 0 Å². The molecule has 0 amide bonds. The zero-order valence-corrected chi connectivity index (χ0v) is 15.0. The molecule has 0 saturated carbocycles. The highest BCUT2D eigenvalue weighted by Gasteiger charge is 2.18. The quantitative estimate of drug-likeness (QED) is 0.433. The summed E-state index contributed by atoms with van der Waals surface area (Å²) >= 11 is 6.66. The smallest absolute Gasteiger partial charge is 0.182 e. The molecule has 0 spiro atoms. The predicted octanol–water partition coefficient (Wildman–Crippen LogP) is 5.35. The van der Waals surface area contributed by atoms with E-state index in [1.165, 1.54) is 0 Å². The van der Waals surface area contributed by atoms with Crippen LogP contribution in [0.25, 0.3) is 0 Å². The summed E-state index contributed by atoms with van der Waals surface area (Å²) in [7, 11) is 0. The van der Waals surface area contributed by atoms with Crippen molar-refractivity contribution in [2.24, 2.45) is 0 Å². The fraction of sp³-hybridized carbons (Fsp3) is 0.533. The van der Waals surface area contributed by atoms with Crippen LogP contribution in [0.2, 0.25) is 0 Å². The van der Waals surface area contributed by atoms with Gasteiger partial charge in [0, 0.05) is 17.3 Å². The molecule has 3 nitrogen and oxygen atoms in total. The molecule has 1 aromatic rings. The number of carbonyl (C=O) groups excluding carboxylic acids is 2. The molecule has 0 atom stereocenters. The van der Waals surface area contributed by atoms with Crippen molar-refractivity contribution in [2.45, 2.75) is 52.4 Å². The van der Waals surface area contributed by atoms with Crippen molar-refractivity contribution >= 4 is 43.4 Å². The number of pyridine rings is 1. The molecule has 0 aliphatic heterocycles. The number of aromatic nitrogens is 1. The van der Waals surface area contributed by atoms with Crippen LogP contribution in [0.4, 0.5) is 0 Å². The van der Waals surface area contributed by atoms with Gasteiger partial charge in [-0.25, -0.2) is 4.98 Å². The third-order valence-electron chi connectivity index (χ3n) is 3.01. The minimum atomic E-state index is 0.00646. The Morgan fingerprint density at radius 3 is 2.15 bits per heavy atom. The third-order valence-corrected chi connectivity index (χ3v) is 4.22. The second-order valence-electron chi connectivity index (χ2n) is 4.71. The molecule has 0 saturated heterocycles. The van der Waals surface area contributed by atoms with Gasteiger partial charge in [0.1, 0.15) is 10.3 Å². The van der Waals surface area contributed by atoms with E-state index in [4.69, 9.17) is 0 Å². The Balaban J connectivity index is 2.96. The van der Waals surface area contributed by atoms with Crippen molar-refractivity contribution in [3.63, 3.8) is 0 Å². The first kappa shape index (κ1) is 17.5. The fourth-order valence-electron chi connectivity index (χ4n) is 1.79. The summed E-state index contributed by atoms with van der Waals surface area (Å²) in [6, 6.07) is 1.70. The lowest BCUT2D eigenvalue weighted by atomic mass is 10.1. The van der Waals surface area contributed by atoms with Crippen molar-refractivity contribution in [3.8, 4) is 0 Å². The highest BCUT2D eigenvalue weighted by Crippen LogP contribution is 2.25. The monoisotopic (exact) mass is 403 g/mol. The van der Waals surface area contributed by atoms with Crippen LogP contribution in [-0.2, 0) is 0 Å². The van der Waals surface area contributed by atoms with E-state index in [1.54, 1.807) is 6.07 Å². The number of hydrogen-bond donors (Lipinski definition) is 0. The van der Waals surface area contributed by atoms with Gasteiger partial charge in [0.25, 0.3) is 0 Å². The first-order valence-electron chi connectivity index (χ1n) is 6.93. The summed E-state index contributed by atoms with van der Waals surface area (Å²) < 4.78 is 1.06. The van der Waals surface area contributed by atoms with Gasteiger partial charge in [-0.3, -0.25) is 9.59 Å². The molecule has 0 fully saturated rings. The molecule has 0 aliphatic rings. The molecule has 0 N–H and O–H groups in total. The first-order valence-corrected chi connectivity index (χ1v) is 8.52. The van der Waals surface area contributed by atoms with Gasteiger partial charge in [-0.15, -0.1) is 0 Å². The SMILES string of the molecule is CCCCC(=O)c1cc(Br)c(C(=O)CCCC)nc1Br. The van der Waals surface area contributed by atoms with Gasteiger partial charge < -0.3 is 0 Å². The maximum atomic E-state index is 12.1. The Morgan fingerprint density at radius 2 is 1.60 bits per heavy atom. The van der Waals surface area contributed by atoms with Crippen molar-refractivity contribution < 1.29 is 9.59 Å². The fourth-order valence-corrected chi connectivity index (χ4v) is 2.84. The summed E-state index contributed by atoms with van der Waals surface area (Å²) in [5.41, 5.74) is 0.940. The number of hydrogen-bond acceptors (Lipinski definition) is 3. The molecule has 5 heteroatoms. The van der Waals surface area contributed by atoms with Crippen LogP contribution >= 0.6 is 31.9 Å². The summed E-state index contributed by atoms with van der Waals surface area (Å²) in [6.07, 6.45) is 4.65. The summed E-state index contributed by atoms with van der Waals surface area (Å²) in [6.45, 7) is 4.09. The van der Waals surface area contributed by atoms with Crippen LogP contribution in [-0.4, -0.2) is 16.6 Å². The number of ketones is 2. The van der Waals surface area contributed by atoms with E-state index in [1.807, 2.05) is 13.8 Å². The Kier molecular flexibility index (Phi) is 7.59.